The van der Waals surface area contributed by atoms with Gasteiger partial charge in [0.2, 0.25) is 15.9 Å². The molecule has 1 aromatic carbocycles. The maximum atomic E-state index is 12.3. The summed E-state index contributed by atoms with van der Waals surface area (Å²) in [6.07, 6.45) is 0. The fourth-order valence-corrected chi connectivity index (χ4v) is 3.32. The Morgan fingerprint density at radius 1 is 1.17 bits per heavy atom. The Bertz CT molecular complexity index is 629. The molecule has 23 heavy (non-hydrogen) atoms. The zero-order chi connectivity index (χ0) is 17.8. The molecule has 0 unspecified atom stereocenters. The second-order valence-corrected chi connectivity index (χ2v) is 8.75. The van der Waals surface area contributed by atoms with Gasteiger partial charge in [-0.25, -0.2) is 13.1 Å². The van der Waals surface area contributed by atoms with Crippen LogP contribution in [0.3, 0.4) is 0 Å². The Morgan fingerprint density at radius 3 is 2.09 bits per heavy atom. The largest absolute Gasteiger partial charge is 0.339 e. The van der Waals surface area contributed by atoms with E-state index in [1.807, 2.05) is 26.0 Å². The molecule has 0 heterocycles. The topological polar surface area (TPSA) is 66.5 Å². The molecule has 0 aliphatic heterocycles. The van der Waals surface area contributed by atoms with E-state index < -0.39 is 10.0 Å². The first kappa shape index (κ1) is 19.6. The Labute approximate surface area is 140 Å². The van der Waals surface area contributed by atoms with Crippen molar-refractivity contribution in [3.8, 4) is 0 Å². The number of hydrogen-bond acceptors (Lipinski definition) is 3. The lowest BCUT2D eigenvalue weighted by atomic mass is 9.87. The molecule has 0 radical (unpaired) electrons. The predicted octanol–water partition coefficient (Wildman–Crippen LogP) is 2.52. The third kappa shape index (κ3) is 5.62. The monoisotopic (exact) mass is 340 g/mol. The van der Waals surface area contributed by atoms with Crippen molar-refractivity contribution in [1.29, 1.82) is 0 Å². The minimum Gasteiger partial charge on any atom is -0.339 e. The maximum Gasteiger partial charge on any atom is 0.240 e. The predicted molar refractivity (Wildman–Crippen MR) is 92.9 cm³/mol. The van der Waals surface area contributed by atoms with Gasteiger partial charge in [-0.05, 0) is 37.0 Å². The molecule has 0 bridgehead atoms. The highest BCUT2D eigenvalue weighted by Gasteiger charge is 2.18. The second kappa shape index (κ2) is 7.45. The van der Waals surface area contributed by atoms with Crippen LogP contribution in [0, 0.1) is 0 Å². The second-order valence-electron chi connectivity index (χ2n) is 6.98. The van der Waals surface area contributed by atoms with Crippen LogP contribution in [0.25, 0.3) is 0 Å². The van der Waals surface area contributed by atoms with Crippen LogP contribution >= 0.6 is 0 Å². The van der Waals surface area contributed by atoms with Crippen molar-refractivity contribution in [2.24, 2.45) is 0 Å². The minimum absolute atomic E-state index is 0.0189. The molecule has 1 N–H and O–H groups in total. The molecule has 0 saturated heterocycles. The zero-order valence-electron chi connectivity index (χ0n) is 14.9. The number of amides is 1. The first-order valence-electron chi connectivity index (χ1n) is 7.82. The summed E-state index contributed by atoms with van der Waals surface area (Å²) >= 11 is 0. The van der Waals surface area contributed by atoms with Crippen molar-refractivity contribution in [3.63, 3.8) is 0 Å². The summed E-state index contributed by atoms with van der Waals surface area (Å²) in [5.41, 5.74) is 1.06. The maximum absolute atomic E-state index is 12.3. The van der Waals surface area contributed by atoms with E-state index in [-0.39, 0.29) is 28.8 Å². The molecule has 0 aliphatic carbocycles. The fourth-order valence-electron chi connectivity index (χ4n) is 2.30. The van der Waals surface area contributed by atoms with Gasteiger partial charge in [0.1, 0.15) is 0 Å². The van der Waals surface area contributed by atoms with Crippen LogP contribution in [0.5, 0.6) is 0 Å². The lowest BCUT2D eigenvalue weighted by molar-refractivity contribution is -0.130. The Balaban J connectivity index is 2.75. The number of nitrogens with one attached hydrogen (secondary N) is 1. The van der Waals surface area contributed by atoms with Crippen molar-refractivity contribution in [3.05, 3.63) is 29.8 Å². The molecule has 0 spiro atoms. The highest BCUT2D eigenvalue weighted by Crippen LogP contribution is 2.23. The van der Waals surface area contributed by atoms with Crippen molar-refractivity contribution in [2.75, 3.05) is 13.1 Å². The van der Waals surface area contributed by atoms with E-state index >= 15 is 0 Å². The van der Waals surface area contributed by atoms with E-state index in [1.54, 1.807) is 17.0 Å². The van der Waals surface area contributed by atoms with Gasteiger partial charge in [-0.2, -0.15) is 0 Å². The van der Waals surface area contributed by atoms with Crippen molar-refractivity contribution >= 4 is 15.9 Å². The van der Waals surface area contributed by atoms with Gasteiger partial charge < -0.3 is 4.90 Å². The van der Waals surface area contributed by atoms with Crippen molar-refractivity contribution < 1.29 is 13.2 Å². The summed E-state index contributed by atoms with van der Waals surface area (Å²) in [6, 6.07) is 6.96. The molecule has 0 atom stereocenters. The molecule has 0 aliphatic rings. The molecule has 1 aromatic rings. The summed E-state index contributed by atoms with van der Waals surface area (Å²) in [5.74, 6) is -0.0614. The number of rotatable bonds is 6. The smallest absolute Gasteiger partial charge is 0.240 e. The molecule has 5 nitrogen and oxygen atoms in total. The highest BCUT2D eigenvalue weighted by atomic mass is 32.2. The lowest BCUT2D eigenvalue weighted by Crippen LogP contribution is -2.41. The van der Waals surface area contributed by atoms with E-state index in [9.17, 15) is 13.2 Å². The average molecular weight is 340 g/mol. The summed E-state index contributed by atoms with van der Waals surface area (Å²) in [4.78, 5) is 13.4. The molecule has 0 saturated carbocycles. The van der Waals surface area contributed by atoms with Crippen LogP contribution in [0.4, 0.5) is 0 Å². The number of sulfonamides is 1. The lowest BCUT2D eigenvalue weighted by Gasteiger charge is -2.25. The van der Waals surface area contributed by atoms with E-state index in [2.05, 4.69) is 25.5 Å². The summed E-state index contributed by atoms with van der Waals surface area (Å²) in [6.45, 7) is 12.1. The summed E-state index contributed by atoms with van der Waals surface area (Å²) < 4.78 is 27.2. The zero-order valence-corrected chi connectivity index (χ0v) is 15.7. The first-order chi connectivity index (χ1) is 10.4. The standard InChI is InChI=1S/C17H28N2O3S/c1-13(2)19(14(3)20)12-11-18-23(21,22)16-9-7-15(8-10-16)17(4,5)6/h7-10,13,18H,11-12H2,1-6H3. The molecule has 0 aromatic heterocycles. The Morgan fingerprint density at radius 2 is 1.70 bits per heavy atom. The Hall–Kier alpha value is -1.40. The Kier molecular flexibility index (Phi) is 6.36. The van der Waals surface area contributed by atoms with Crippen LogP contribution < -0.4 is 4.72 Å². The van der Waals surface area contributed by atoms with Gasteiger partial charge in [-0.3, -0.25) is 4.79 Å². The molecule has 1 rings (SSSR count). The van der Waals surface area contributed by atoms with Crippen molar-refractivity contribution in [1.82, 2.24) is 9.62 Å². The third-order valence-electron chi connectivity index (χ3n) is 3.70. The van der Waals surface area contributed by atoms with Crippen LogP contribution in [-0.2, 0) is 20.2 Å². The van der Waals surface area contributed by atoms with Gasteiger partial charge in [0, 0.05) is 26.1 Å². The van der Waals surface area contributed by atoms with Crippen LogP contribution in [0.15, 0.2) is 29.2 Å². The normalized spacial score (nSPS) is 12.5. The average Bonchev–Trinajstić information content (AvgIpc) is 2.42. The fraction of sp³-hybridized carbons (Fsp3) is 0.588. The SMILES string of the molecule is CC(=O)N(CCNS(=O)(=O)c1ccc(C(C)(C)C)cc1)C(C)C. The minimum atomic E-state index is -3.56. The molecular weight excluding hydrogens is 312 g/mol. The number of carbonyl (C=O) groups is 1. The van der Waals surface area contributed by atoms with E-state index in [0.29, 0.717) is 6.54 Å². The first-order valence-corrected chi connectivity index (χ1v) is 9.31. The van der Waals surface area contributed by atoms with E-state index in [0.717, 1.165) is 5.56 Å². The number of hydrogen-bond donors (Lipinski definition) is 1. The van der Waals surface area contributed by atoms with Crippen LogP contribution in [-0.4, -0.2) is 38.4 Å². The molecular formula is C17H28N2O3S. The molecule has 1 amide bonds. The van der Waals surface area contributed by atoms with Crippen LogP contribution in [0.1, 0.15) is 47.1 Å². The van der Waals surface area contributed by atoms with Crippen LogP contribution in [0.2, 0.25) is 0 Å². The third-order valence-corrected chi connectivity index (χ3v) is 5.18. The van der Waals surface area contributed by atoms with Gasteiger partial charge >= 0.3 is 0 Å². The van der Waals surface area contributed by atoms with Gasteiger partial charge in [0.15, 0.2) is 0 Å². The summed E-state index contributed by atoms with van der Waals surface area (Å²) in [5, 5.41) is 0. The highest BCUT2D eigenvalue weighted by molar-refractivity contribution is 7.89. The van der Waals surface area contributed by atoms with Gasteiger partial charge in [0.05, 0.1) is 4.90 Å². The van der Waals surface area contributed by atoms with E-state index in [4.69, 9.17) is 0 Å². The van der Waals surface area contributed by atoms with E-state index in [1.165, 1.54) is 6.92 Å². The molecule has 130 valence electrons. The summed E-state index contributed by atoms with van der Waals surface area (Å²) in [7, 11) is -3.56. The number of benzene rings is 1. The van der Waals surface area contributed by atoms with Gasteiger partial charge in [-0.15, -0.1) is 0 Å². The van der Waals surface area contributed by atoms with Gasteiger partial charge in [0.25, 0.3) is 0 Å². The number of nitrogens with zero attached hydrogens (tertiary/aromatic N) is 1. The molecule has 0 fully saturated rings. The number of carbonyl (C=O) groups excluding carboxylic acids is 1. The van der Waals surface area contributed by atoms with Crippen molar-refractivity contribution in [2.45, 2.75) is 57.9 Å². The molecule has 6 heteroatoms. The van der Waals surface area contributed by atoms with Gasteiger partial charge in [-0.1, -0.05) is 32.9 Å². The quantitative estimate of drug-likeness (QED) is 0.865.